The van der Waals surface area contributed by atoms with Crippen LogP contribution in [0.2, 0.25) is 0 Å². The van der Waals surface area contributed by atoms with Gasteiger partial charge in [-0.25, -0.2) is 0 Å². The van der Waals surface area contributed by atoms with E-state index in [0.29, 0.717) is 0 Å². The lowest BCUT2D eigenvalue weighted by atomic mass is 9.99. The standard InChI is InChI=1S/C42H27NO/c1-2-11-28(12-3-1)30-21-22-32-26-34(24-23-31(32)25-30)43(38-19-10-15-29-13-4-6-16-35(29)38)39-27-33-14-5-7-17-36(33)41-37-18-8-9-20-40(37)44-42(39)41/h1-27H. The lowest BCUT2D eigenvalue weighted by molar-refractivity contribution is 0.669. The van der Waals surface area contributed by atoms with Gasteiger partial charge >= 0.3 is 0 Å². The van der Waals surface area contributed by atoms with Crippen molar-refractivity contribution in [1.82, 2.24) is 0 Å². The molecule has 8 aromatic carbocycles. The van der Waals surface area contributed by atoms with Crippen molar-refractivity contribution < 1.29 is 4.42 Å². The SMILES string of the molecule is c1ccc(-c2ccc3cc(N(c4cccc5ccccc45)c4cc5ccccc5c5c4oc4ccccc45)ccc3c2)cc1. The van der Waals surface area contributed by atoms with Crippen LogP contribution < -0.4 is 4.90 Å². The number of para-hydroxylation sites is 1. The van der Waals surface area contributed by atoms with Crippen molar-refractivity contribution in [1.29, 1.82) is 0 Å². The first-order valence-corrected chi connectivity index (χ1v) is 15.0. The zero-order chi connectivity index (χ0) is 29.0. The molecule has 0 aliphatic rings. The van der Waals surface area contributed by atoms with Crippen LogP contribution in [0.4, 0.5) is 17.1 Å². The van der Waals surface area contributed by atoms with E-state index in [0.717, 1.165) is 39.0 Å². The van der Waals surface area contributed by atoms with Crippen LogP contribution in [0.15, 0.2) is 168 Å². The minimum absolute atomic E-state index is 0.886. The van der Waals surface area contributed by atoms with Crippen LogP contribution in [0.1, 0.15) is 0 Å². The second kappa shape index (κ2) is 9.86. The van der Waals surface area contributed by atoms with E-state index in [9.17, 15) is 0 Å². The molecule has 0 aliphatic carbocycles. The highest BCUT2D eigenvalue weighted by atomic mass is 16.3. The summed E-state index contributed by atoms with van der Waals surface area (Å²) in [6.45, 7) is 0. The van der Waals surface area contributed by atoms with Crippen LogP contribution in [0.5, 0.6) is 0 Å². The highest BCUT2D eigenvalue weighted by Crippen LogP contribution is 2.47. The van der Waals surface area contributed by atoms with Crippen LogP contribution in [0, 0.1) is 0 Å². The number of nitrogens with zero attached hydrogens (tertiary/aromatic N) is 1. The van der Waals surface area contributed by atoms with E-state index in [-0.39, 0.29) is 0 Å². The van der Waals surface area contributed by atoms with E-state index in [1.807, 2.05) is 6.07 Å². The number of hydrogen-bond donors (Lipinski definition) is 0. The molecule has 0 unspecified atom stereocenters. The van der Waals surface area contributed by atoms with Crippen molar-refractivity contribution in [2.45, 2.75) is 0 Å². The zero-order valence-corrected chi connectivity index (χ0v) is 23.9. The van der Waals surface area contributed by atoms with Crippen molar-refractivity contribution in [2.75, 3.05) is 4.90 Å². The van der Waals surface area contributed by atoms with Gasteiger partial charge in [0.25, 0.3) is 0 Å². The van der Waals surface area contributed by atoms with Crippen molar-refractivity contribution in [3.63, 3.8) is 0 Å². The summed E-state index contributed by atoms with van der Waals surface area (Å²) in [5.41, 5.74) is 7.43. The van der Waals surface area contributed by atoms with Crippen molar-refractivity contribution in [3.8, 4) is 11.1 Å². The smallest absolute Gasteiger partial charge is 0.160 e. The third-order valence-corrected chi connectivity index (χ3v) is 8.79. The molecule has 0 spiro atoms. The lowest BCUT2D eigenvalue weighted by Crippen LogP contribution is -2.11. The fraction of sp³-hybridized carbons (Fsp3) is 0. The Balaban J connectivity index is 1.35. The van der Waals surface area contributed by atoms with Crippen LogP contribution >= 0.6 is 0 Å². The third-order valence-electron chi connectivity index (χ3n) is 8.79. The molecule has 9 aromatic rings. The number of fused-ring (bicyclic) bond motifs is 7. The summed E-state index contributed by atoms with van der Waals surface area (Å²) in [5.74, 6) is 0. The molecule has 1 heterocycles. The van der Waals surface area contributed by atoms with E-state index in [4.69, 9.17) is 4.42 Å². The summed E-state index contributed by atoms with van der Waals surface area (Å²) in [6, 6.07) is 58.5. The molecular weight excluding hydrogens is 534 g/mol. The number of rotatable bonds is 4. The molecule has 0 fully saturated rings. The average Bonchev–Trinajstić information content (AvgIpc) is 3.49. The molecule has 2 nitrogen and oxygen atoms in total. The summed E-state index contributed by atoms with van der Waals surface area (Å²) in [6.07, 6.45) is 0. The fourth-order valence-corrected chi connectivity index (χ4v) is 6.72. The summed E-state index contributed by atoms with van der Waals surface area (Å²) < 4.78 is 6.74. The third kappa shape index (κ3) is 3.89. The molecule has 0 saturated carbocycles. The maximum Gasteiger partial charge on any atom is 0.160 e. The van der Waals surface area contributed by atoms with E-state index in [1.54, 1.807) is 0 Å². The Labute approximate surface area is 255 Å². The molecule has 9 rings (SSSR count). The minimum atomic E-state index is 0.886. The van der Waals surface area contributed by atoms with E-state index in [1.165, 1.54) is 43.4 Å². The van der Waals surface area contributed by atoms with Gasteiger partial charge in [0.15, 0.2) is 5.58 Å². The second-order valence-corrected chi connectivity index (χ2v) is 11.4. The molecule has 206 valence electrons. The minimum Gasteiger partial charge on any atom is -0.454 e. The fourth-order valence-electron chi connectivity index (χ4n) is 6.72. The van der Waals surface area contributed by atoms with E-state index < -0.39 is 0 Å². The average molecular weight is 562 g/mol. The van der Waals surface area contributed by atoms with Gasteiger partial charge in [0.2, 0.25) is 0 Å². The Morgan fingerprint density at radius 1 is 0.386 bits per heavy atom. The van der Waals surface area contributed by atoms with Gasteiger partial charge in [0, 0.05) is 21.8 Å². The normalized spacial score (nSPS) is 11.6. The quantitative estimate of drug-likeness (QED) is 0.212. The molecule has 1 aromatic heterocycles. The number of furan rings is 1. The molecule has 0 N–H and O–H groups in total. The molecule has 0 bridgehead atoms. The predicted molar refractivity (Wildman–Crippen MR) is 186 cm³/mol. The maximum atomic E-state index is 6.74. The van der Waals surface area contributed by atoms with Gasteiger partial charge in [-0.3, -0.25) is 0 Å². The second-order valence-electron chi connectivity index (χ2n) is 11.4. The Hall–Kier alpha value is -5.86. The molecule has 0 aliphatic heterocycles. The largest absolute Gasteiger partial charge is 0.454 e. The summed E-state index contributed by atoms with van der Waals surface area (Å²) in [5, 5.41) is 9.44. The first-order chi connectivity index (χ1) is 21.8. The number of benzene rings is 8. The first kappa shape index (κ1) is 24.7. The highest BCUT2D eigenvalue weighted by Gasteiger charge is 2.23. The van der Waals surface area contributed by atoms with Crippen molar-refractivity contribution in [3.05, 3.63) is 164 Å². The Bertz CT molecular complexity index is 2500. The maximum absolute atomic E-state index is 6.74. The monoisotopic (exact) mass is 561 g/mol. The molecule has 0 amide bonds. The van der Waals surface area contributed by atoms with Gasteiger partial charge in [-0.1, -0.05) is 127 Å². The van der Waals surface area contributed by atoms with Crippen LogP contribution in [0.25, 0.3) is 65.4 Å². The molecular formula is C42H27NO. The Morgan fingerprint density at radius 2 is 1.07 bits per heavy atom. The molecule has 0 atom stereocenters. The van der Waals surface area contributed by atoms with E-state index >= 15 is 0 Å². The van der Waals surface area contributed by atoms with Gasteiger partial charge < -0.3 is 9.32 Å². The zero-order valence-electron chi connectivity index (χ0n) is 23.9. The van der Waals surface area contributed by atoms with Crippen LogP contribution in [-0.2, 0) is 0 Å². The summed E-state index contributed by atoms with van der Waals surface area (Å²) in [4.78, 5) is 2.38. The molecule has 0 saturated heterocycles. The van der Waals surface area contributed by atoms with E-state index in [2.05, 4.69) is 163 Å². The topological polar surface area (TPSA) is 16.4 Å². The van der Waals surface area contributed by atoms with Crippen LogP contribution in [-0.4, -0.2) is 0 Å². The van der Waals surface area contributed by atoms with Gasteiger partial charge in [-0.15, -0.1) is 0 Å². The van der Waals surface area contributed by atoms with Crippen molar-refractivity contribution >= 4 is 71.3 Å². The Morgan fingerprint density at radius 3 is 1.95 bits per heavy atom. The van der Waals surface area contributed by atoms with Gasteiger partial charge in [-0.2, -0.15) is 0 Å². The first-order valence-electron chi connectivity index (χ1n) is 15.0. The Kier molecular flexibility index (Phi) is 5.54. The number of anilines is 3. The van der Waals surface area contributed by atoms with Gasteiger partial charge in [0.1, 0.15) is 5.58 Å². The predicted octanol–water partition coefficient (Wildman–Crippen LogP) is 12.2. The summed E-state index contributed by atoms with van der Waals surface area (Å²) >= 11 is 0. The summed E-state index contributed by atoms with van der Waals surface area (Å²) in [7, 11) is 0. The molecule has 0 radical (unpaired) electrons. The lowest BCUT2D eigenvalue weighted by Gasteiger charge is -2.27. The molecule has 2 heteroatoms. The van der Waals surface area contributed by atoms with Gasteiger partial charge in [-0.05, 0) is 74.5 Å². The molecule has 44 heavy (non-hydrogen) atoms. The van der Waals surface area contributed by atoms with Gasteiger partial charge in [0.05, 0.1) is 11.4 Å². The van der Waals surface area contributed by atoms with Crippen LogP contribution in [0.3, 0.4) is 0 Å². The van der Waals surface area contributed by atoms with Crippen molar-refractivity contribution in [2.24, 2.45) is 0 Å². The highest BCUT2D eigenvalue weighted by molar-refractivity contribution is 6.23. The number of hydrogen-bond acceptors (Lipinski definition) is 2.